The second-order valence-electron chi connectivity index (χ2n) is 4.69. The van der Waals surface area contributed by atoms with E-state index >= 15 is 0 Å². The van der Waals surface area contributed by atoms with Crippen LogP contribution in [-0.2, 0) is 4.79 Å². The molecule has 5 heteroatoms. The molecule has 110 valence electrons. The first-order chi connectivity index (χ1) is 9.95. The van der Waals surface area contributed by atoms with Crippen molar-refractivity contribution in [3.05, 3.63) is 57.5 Å². The highest BCUT2D eigenvalue weighted by Gasteiger charge is 2.14. The number of hydrogen-bond donors (Lipinski definition) is 1. The molecule has 0 saturated heterocycles. The summed E-state index contributed by atoms with van der Waals surface area (Å²) in [4.78, 5) is 13.3. The maximum Gasteiger partial charge on any atom is 0.237 e. The Labute approximate surface area is 142 Å². The Morgan fingerprint density at radius 3 is 2.52 bits per heavy atom. The highest BCUT2D eigenvalue weighted by atomic mass is 79.9. The number of rotatable bonds is 4. The molecule has 0 aliphatic rings. The number of aryl methyl sites for hydroxylation is 1. The third-order valence-electron chi connectivity index (χ3n) is 2.89. The zero-order valence-electron chi connectivity index (χ0n) is 11.7. The smallest absolute Gasteiger partial charge is 0.237 e. The van der Waals surface area contributed by atoms with Crippen LogP contribution in [0.3, 0.4) is 0 Å². The second-order valence-corrected chi connectivity index (χ2v) is 7.37. The van der Waals surface area contributed by atoms with E-state index in [4.69, 9.17) is 11.6 Å². The molecule has 2 aromatic carbocycles. The number of carbonyl (C=O) groups excluding carboxylic acids is 1. The fraction of sp³-hybridized carbons (Fsp3) is 0.188. The Hall–Kier alpha value is -0.970. The number of hydrogen-bond acceptors (Lipinski definition) is 2. The van der Waals surface area contributed by atoms with Crippen molar-refractivity contribution in [2.75, 3.05) is 5.32 Å². The topological polar surface area (TPSA) is 29.1 Å². The van der Waals surface area contributed by atoms with Gasteiger partial charge in [-0.3, -0.25) is 4.79 Å². The zero-order chi connectivity index (χ0) is 15.4. The summed E-state index contributed by atoms with van der Waals surface area (Å²) in [6, 6.07) is 13.5. The predicted molar refractivity (Wildman–Crippen MR) is 94.3 cm³/mol. The maximum atomic E-state index is 12.2. The molecular weight excluding hydrogens is 370 g/mol. The van der Waals surface area contributed by atoms with Gasteiger partial charge in [-0.05, 0) is 60.1 Å². The Morgan fingerprint density at radius 2 is 1.90 bits per heavy atom. The summed E-state index contributed by atoms with van der Waals surface area (Å²) in [7, 11) is 0. The van der Waals surface area contributed by atoms with Gasteiger partial charge in [0, 0.05) is 15.1 Å². The normalized spacial score (nSPS) is 12.0. The van der Waals surface area contributed by atoms with Gasteiger partial charge in [-0.1, -0.05) is 29.3 Å². The predicted octanol–water partition coefficient (Wildman–Crippen LogP) is 5.53. The molecule has 1 amide bonds. The van der Waals surface area contributed by atoms with Crippen LogP contribution in [0.1, 0.15) is 12.5 Å². The number of benzene rings is 2. The molecule has 2 aromatic rings. The van der Waals surface area contributed by atoms with E-state index in [-0.39, 0.29) is 11.2 Å². The van der Waals surface area contributed by atoms with E-state index in [1.54, 1.807) is 6.07 Å². The molecule has 2 nitrogen and oxygen atoms in total. The lowest BCUT2D eigenvalue weighted by atomic mass is 10.2. The summed E-state index contributed by atoms with van der Waals surface area (Å²) in [5, 5.41) is 3.27. The van der Waals surface area contributed by atoms with Gasteiger partial charge in [-0.25, -0.2) is 0 Å². The molecule has 0 radical (unpaired) electrons. The number of nitrogens with one attached hydrogen (secondary N) is 1. The van der Waals surface area contributed by atoms with Crippen LogP contribution in [0.25, 0.3) is 0 Å². The first-order valence-corrected chi connectivity index (χ1v) is 8.50. The van der Waals surface area contributed by atoms with Crippen LogP contribution in [0, 0.1) is 6.92 Å². The van der Waals surface area contributed by atoms with Gasteiger partial charge < -0.3 is 5.32 Å². The van der Waals surface area contributed by atoms with Crippen LogP contribution < -0.4 is 5.32 Å². The van der Waals surface area contributed by atoms with Gasteiger partial charge in [-0.2, -0.15) is 0 Å². The molecule has 2 rings (SSSR count). The van der Waals surface area contributed by atoms with Gasteiger partial charge in [0.15, 0.2) is 0 Å². The van der Waals surface area contributed by atoms with E-state index in [2.05, 4.69) is 21.2 Å². The largest absolute Gasteiger partial charge is 0.325 e. The van der Waals surface area contributed by atoms with E-state index < -0.39 is 0 Å². The van der Waals surface area contributed by atoms with Crippen LogP contribution in [0.4, 0.5) is 5.69 Å². The van der Waals surface area contributed by atoms with Gasteiger partial charge in [0.1, 0.15) is 0 Å². The lowest BCUT2D eigenvalue weighted by Gasteiger charge is -2.12. The maximum absolute atomic E-state index is 12.2. The summed E-state index contributed by atoms with van der Waals surface area (Å²) in [5.74, 6) is -0.0426. The monoisotopic (exact) mass is 383 g/mol. The van der Waals surface area contributed by atoms with Crippen molar-refractivity contribution in [2.45, 2.75) is 24.0 Å². The Kier molecular flexibility index (Phi) is 5.73. The van der Waals surface area contributed by atoms with Crippen molar-refractivity contribution in [3.63, 3.8) is 0 Å². The SMILES string of the molecule is Cc1ccc(S[C@H](C)C(=O)Nc2ccc(Br)c(Cl)c2)cc1. The molecule has 0 saturated carbocycles. The van der Waals surface area contributed by atoms with E-state index in [0.29, 0.717) is 10.7 Å². The zero-order valence-corrected chi connectivity index (χ0v) is 14.8. The van der Waals surface area contributed by atoms with Crippen LogP contribution >= 0.6 is 39.3 Å². The van der Waals surface area contributed by atoms with Crippen molar-refractivity contribution in [2.24, 2.45) is 0 Å². The fourth-order valence-electron chi connectivity index (χ4n) is 1.69. The minimum atomic E-state index is -0.185. The molecule has 0 unspecified atom stereocenters. The van der Waals surface area contributed by atoms with Crippen LogP contribution in [0.2, 0.25) is 5.02 Å². The van der Waals surface area contributed by atoms with Crippen molar-refractivity contribution in [3.8, 4) is 0 Å². The average molecular weight is 385 g/mol. The molecule has 21 heavy (non-hydrogen) atoms. The highest BCUT2D eigenvalue weighted by Crippen LogP contribution is 2.27. The Bertz CT molecular complexity index is 645. The van der Waals surface area contributed by atoms with Gasteiger partial charge in [0.2, 0.25) is 5.91 Å². The molecule has 0 bridgehead atoms. The van der Waals surface area contributed by atoms with E-state index in [1.807, 2.05) is 50.2 Å². The first kappa shape index (κ1) is 16.4. The van der Waals surface area contributed by atoms with Gasteiger partial charge in [0.25, 0.3) is 0 Å². The van der Waals surface area contributed by atoms with Gasteiger partial charge >= 0.3 is 0 Å². The number of thioether (sulfide) groups is 1. The van der Waals surface area contributed by atoms with Crippen molar-refractivity contribution < 1.29 is 4.79 Å². The van der Waals surface area contributed by atoms with E-state index in [0.717, 1.165) is 9.37 Å². The third-order valence-corrected chi connectivity index (χ3v) is 5.23. The molecule has 0 heterocycles. The summed E-state index contributed by atoms with van der Waals surface area (Å²) >= 11 is 10.9. The molecule has 0 spiro atoms. The molecule has 0 aliphatic carbocycles. The lowest BCUT2D eigenvalue weighted by Crippen LogP contribution is -2.22. The summed E-state index contributed by atoms with van der Waals surface area (Å²) < 4.78 is 0.809. The van der Waals surface area contributed by atoms with Crippen LogP contribution in [0.5, 0.6) is 0 Å². The van der Waals surface area contributed by atoms with Crippen molar-refractivity contribution >= 4 is 50.9 Å². The van der Waals surface area contributed by atoms with Gasteiger partial charge in [-0.15, -0.1) is 11.8 Å². The van der Waals surface area contributed by atoms with E-state index in [9.17, 15) is 4.79 Å². The fourth-order valence-corrected chi connectivity index (χ4v) is 2.99. The molecule has 0 aromatic heterocycles. The quantitative estimate of drug-likeness (QED) is 0.702. The summed E-state index contributed by atoms with van der Waals surface area (Å²) in [6.07, 6.45) is 0. The van der Waals surface area contributed by atoms with Gasteiger partial charge in [0.05, 0.1) is 10.3 Å². The van der Waals surface area contributed by atoms with Crippen molar-refractivity contribution in [1.82, 2.24) is 0 Å². The minimum absolute atomic E-state index is 0.0426. The lowest BCUT2D eigenvalue weighted by molar-refractivity contribution is -0.115. The Morgan fingerprint density at radius 1 is 1.24 bits per heavy atom. The van der Waals surface area contributed by atoms with Crippen LogP contribution in [-0.4, -0.2) is 11.2 Å². The van der Waals surface area contributed by atoms with E-state index in [1.165, 1.54) is 17.3 Å². The summed E-state index contributed by atoms with van der Waals surface area (Å²) in [5.41, 5.74) is 1.91. The molecule has 0 fully saturated rings. The molecule has 1 N–H and O–H groups in total. The average Bonchev–Trinajstić information content (AvgIpc) is 2.45. The molecule has 0 aliphatic heterocycles. The first-order valence-electron chi connectivity index (χ1n) is 6.45. The standard InChI is InChI=1S/C16H15BrClNOS/c1-10-3-6-13(7-4-10)21-11(2)16(20)19-12-5-8-14(17)15(18)9-12/h3-9,11H,1-2H3,(H,19,20)/t11-/m1/s1. The third kappa shape index (κ3) is 4.77. The second kappa shape index (κ2) is 7.34. The summed E-state index contributed by atoms with van der Waals surface area (Å²) in [6.45, 7) is 3.93. The number of anilines is 1. The highest BCUT2D eigenvalue weighted by molar-refractivity contribution is 9.10. The number of carbonyl (C=O) groups is 1. The minimum Gasteiger partial charge on any atom is -0.325 e. The number of amides is 1. The number of halogens is 2. The molecule has 1 atom stereocenters. The van der Waals surface area contributed by atoms with Crippen molar-refractivity contribution in [1.29, 1.82) is 0 Å². The van der Waals surface area contributed by atoms with Crippen LogP contribution in [0.15, 0.2) is 51.8 Å². The Balaban J connectivity index is 1.98. The molecular formula is C16H15BrClNOS.